The Morgan fingerprint density at radius 2 is 2.00 bits per heavy atom. The smallest absolute Gasteiger partial charge is 0.281 e. The summed E-state index contributed by atoms with van der Waals surface area (Å²) in [5.41, 5.74) is -1.04. The minimum atomic E-state index is -3.68. The van der Waals surface area contributed by atoms with E-state index in [4.69, 9.17) is 0 Å². The highest BCUT2D eigenvalue weighted by Crippen LogP contribution is 2.29. The Labute approximate surface area is 140 Å². The Hall–Kier alpha value is -2.53. The molecule has 9 nitrogen and oxygen atoms in total. The molecule has 0 amide bonds. The molecule has 0 spiro atoms. The van der Waals surface area contributed by atoms with Crippen molar-refractivity contribution in [1.82, 2.24) is 9.36 Å². The maximum Gasteiger partial charge on any atom is 0.281 e. The highest BCUT2D eigenvalue weighted by atomic mass is 32.2. The molecule has 126 valence electrons. The number of aromatic nitrogens is 2. The number of nitro benzene ring substituents is 1. The zero-order chi connectivity index (χ0) is 18.1. The van der Waals surface area contributed by atoms with Gasteiger partial charge in [0.1, 0.15) is 23.0 Å². The van der Waals surface area contributed by atoms with E-state index in [1.165, 1.54) is 13.3 Å². The molecule has 0 fully saturated rings. The molecule has 1 heterocycles. The third kappa shape index (κ3) is 3.51. The number of sulfone groups is 1. The summed E-state index contributed by atoms with van der Waals surface area (Å²) in [5, 5.41) is 11.4. The van der Waals surface area contributed by atoms with Gasteiger partial charge < -0.3 is 0 Å². The summed E-state index contributed by atoms with van der Waals surface area (Å²) in [6.45, 7) is 1.17. The molecule has 1 atom stereocenters. The van der Waals surface area contributed by atoms with Crippen LogP contribution < -0.4 is 0 Å². The van der Waals surface area contributed by atoms with Crippen LogP contribution in [0.3, 0.4) is 0 Å². The van der Waals surface area contributed by atoms with Crippen molar-refractivity contribution in [1.29, 1.82) is 0 Å². The van der Waals surface area contributed by atoms with E-state index in [9.17, 15) is 28.1 Å². The second-order valence-electron chi connectivity index (χ2n) is 4.90. The summed E-state index contributed by atoms with van der Waals surface area (Å²) >= 11 is 0.835. The van der Waals surface area contributed by atoms with Gasteiger partial charge in [0, 0.05) is 12.3 Å². The van der Waals surface area contributed by atoms with Gasteiger partial charge in [-0.25, -0.2) is 13.4 Å². The van der Waals surface area contributed by atoms with Crippen molar-refractivity contribution in [2.45, 2.75) is 17.7 Å². The van der Waals surface area contributed by atoms with Crippen LogP contribution in [0.25, 0.3) is 0 Å². The largest absolute Gasteiger partial charge is 0.299 e. The van der Waals surface area contributed by atoms with Gasteiger partial charge in [-0.2, -0.15) is 4.37 Å². The predicted molar refractivity (Wildman–Crippen MR) is 83.9 cm³/mol. The molecular weight excluding hydrogens is 358 g/mol. The first-order chi connectivity index (χ1) is 11.1. The molecule has 1 aromatic carbocycles. The molecule has 1 unspecified atom stereocenters. The summed E-state index contributed by atoms with van der Waals surface area (Å²) in [6, 6.07) is 2.93. The molecule has 0 bridgehead atoms. The SMILES string of the molecule is CC(=O)C(C(=O)c1ccc(S(C)(=O)=O)cc1[N+](=O)[O-])c1ncns1. The van der Waals surface area contributed by atoms with Crippen molar-refractivity contribution in [2.24, 2.45) is 0 Å². The van der Waals surface area contributed by atoms with Gasteiger partial charge in [0.2, 0.25) is 0 Å². The minimum Gasteiger partial charge on any atom is -0.299 e. The fraction of sp³-hybridized carbons (Fsp3) is 0.231. The Balaban J connectivity index is 2.60. The summed E-state index contributed by atoms with van der Waals surface area (Å²) in [6.07, 6.45) is 2.07. The second-order valence-corrected chi connectivity index (χ2v) is 7.72. The lowest BCUT2D eigenvalue weighted by Gasteiger charge is -2.10. The van der Waals surface area contributed by atoms with Crippen molar-refractivity contribution >= 4 is 38.6 Å². The summed E-state index contributed by atoms with van der Waals surface area (Å²) < 4.78 is 26.8. The number of nitrogens with zero attached hydrogens (tertiary/aromatic N) is 3. The Morgan fingerprint density at radius 3 is 2.46 bits per heavy atom. The molecule has 0 saturated carbocycles. The summed E-state index contributed by atoms with van der Waals surface area (Å²) in [5.74, 6) is -2.69. The van der Waals surface area contributed by atoms with Crippen LogP contribution >= 0.6 is 11.5 Å². The number of nitro groups is 1. The quantitative estimate of drug-likeness (QED) is 0.322. The van der Waals surface area contributed by atoms with Crippen molar-refractivity contribution in [3.63, 3.8) is 0 Å². The second kappa shape index (κ2) is 6.53. The van der Waals surface area contributed by atoms with Gasteiger partial charge in [0.05, 0.1) is 15.4 Å². The van der Waals surface area contributed by atoms with E-state index in [0.29, 0.717) is 0 Å². The van der Waals surface area contributed by atoms with E-state index >= 15 is 0 Å². The first-order valence-corrected chi connectivity index (χ1v) is 9.09. The number of benzene rings is 1. The number of hydrogen-bond acceptors (Lipinski definition) is 9. The lowest BCUT2D eigenvalue weighted by atomic mass is 9.94. The van der Waals surface area contributed by atoms with Crippen molar-refractivity contribution < 1.29 is 22.9 Å². The minimum absolute atomic E-state index is 0.119. The topological polar surface area (TPSA) is 137 Å². The third-order valence-electron chi connectivity index (χ3n) is 3.15. The molecule has 0 aliphatic heterocycles. The van der Waals surface area contributed by atoms with Gasteiger partial charge >= 0.3 is 0 Å². The number of Topliss-reactive ketones (excluding diaryl/α,β-unsaturated/α-hetero) is 2. The van der Waals surface area contributed by atoms with Gasteiger partial charge in [-0.3, -0.25) is 19.7 Å². The molecule has 0 aliphatic carbocycles. The van der Waals surface area contributed by atoms with Crippen molar-refractivity contribution in [2.75, 3.05) is 6.26 Å². The Bertz CT molecular complexity index is 921. The molecule has 2 aromatic rings. The molecule has 11 heteroatoms. The lowest BCUT2D eigenvalue weighted by Crippen LogP contribution is -2.21. The molecule has 0 radical (unpaired) electrons. The molecule has 0 N–H and O–H groups in total. The normalized spacial score (nSPS) is 12.6. The average molecular weight is 369 g/mol. The number of rotatable bonds is 6. The van der Waals surface area contributed by atoms with Crippen LogP contribution in [0.2, 0.25) is 0 Å². The highest BCUT2D eigenvalue weighted by molar-refractivity contribution is 7.90. The Kier molecular flexibility index (Phi) is 4.85. The molecular formula is C13H11N3O6S2. The van der Waals surface area contributed by atoms with E-state index in [2.05, 4.69) is 9.36 Å². The standard InChI is InChI=1S/C13H11N3O6S2/c1-7(17)11(13-14-6-15-23-13)12(18)9-4-3-8(24(2,21)22)5-10(9)16(19)20/h3-6,11H,1-2H3. The Morgan fingerprint density at radius 1 is 1.33 bits per heavy atom. The maximum absolute atomic E-state index is 12.6. The first-order valence-electron chi connectivity index (χ1n) is 6.42. The number of carbonyl (C=O) groups is 2. The van der Waals surface area contributed by atoms with Crippen LogP contribution in [0.5, 0.6) is 0 Å². The fourth-order valence-electron chi connectivity index (χ4n) is 2.04. The number of hydrogen-bond donors (Lipinski definition) is 0. The predicted octanol–water partition coefficient (Wildman–Crippen LogP) is 1.41. The van der Waals surface area contributed by atoms with Gasteiger partial charge in [-0.05, 0) is 30.6 Å². The van der Waals surface area contributed by atoms with Gasteiger partial charge in [-0.15, -0.1) is 0 Å². The maximum atomic E-state index is 12.6. The lowest BCUT2D eigenvalue weighted by molar-refractivity contribution is -0.385. The van der Waals surface area contributed by atoms with Gasteiger partial charge in [0.15, 0.2) is 15.6 Å². The van der Waals surface area contributed by atoms with E-state index < -0.39 is 37.9 Å². The van der Waals surface area contributed by atoms with Crippen molar-refractivity contribution in [3.8, 4) is 0 Å². The van der Waals surface area contributed by atoms with Crippen LogP contribution in [-0.2, 0) is 14.6 Å². The van der Waals surface area contributed by atoms with E-state index in [-0.39, 0.29) is 15.5 Å². The number of ketones is 2. The zero-order valence-electron chi connectivity index (χ0n) is 12.5. The van der Waals surface area contributed by atoms with E-state index in [0.717, 1.165) is 36.0 Å². The van der Waals surface area contributed by atoms with Crippen LogP contribution in [0.1, 0.15) is 28.2 Å². The number of carbonyl (C=O) groups excluding carboxylic acids is 2. The third-order valence-corrected chi connectivity index (χ3v) is 4.99. The monoisotopic (exact) mass is 369 g/mol. The van der Waals surface area contributed by atoms with Gasteiger partial charge in [-0.1, -0.05) is 0 Å². The van der Waals surface area contributed by atoms with Crippen LogP contribution in [0.15, 0.2) is 29.4 Å². The highest BCUT2D eigenvalue weighted by Gasteiger charge is 2.34. The van der Waals surface area contributed by atoms with E-state index in [1.54, 1.807) is 0 Å². The molecule has 24 heavy (non-hydrogen) atoms. The zero-order valence-corrected chi connectivity index (χ0v) is 14.1. The summed E-state index contributed by atoms with van der Waals surface area (Å²) in [7, 11) is -3.68. The molecule has 1 aromatic heterocycles. The van der Waals surface area contributed by atoms with Crippen LogP contribution in [0, 0.1) is 10.1 Å². The van der Waals surface area contributed by atoms with E-state index in [1.807, 2.05) is 0 Å². The molecule has 2 rings (SSSR count). The summed E-state index contributed by atoms with van der Waals surface area (Å²) in [4.78, 5) is 38.3. The van der Waals surface area contributed by atoms with Crippen LogP contribution in [-0.4, -0.2) is 40.5 Å². The fourth-order valence-corrected chi connectivity index (χ4v) is 3.35. The van der Waals surface area contributed by atoms with Crippen molar-refractivity contribution in [3.05, 3.63) is 45.2 Å². The molecule has 0 saturated heterocycles. The average Bonchev–Trinajstić information content (AvgIpc) is 2.99. The van der Waals surface area contributed by atoms with Gasteiger partial charge in [0.25, 0.3) is 5.69 Å². The first kappa shape index (κ1) is 17.8. The van der Waals surface area contributed by atoms with Crippen LogP contribution in [0.4, 0.5) is 5.69 Å². The molecule has 0 aliphatic rings.